The van der Waals surface area contributed by atoms with Crippen LogP contribution >= 0.6 is 27.3 Å². The molecule has 0 radical (unpaired) electrons. The van der Waals surface area contributed by atoms with E-state index in [1.165, 1.54) is 4.52 Å². The quantitative estimate of drug-likeness (QED) is 0.377. The van der Waals surface area contributed by atoms with Gasteiger partial charge in [0.1, 0.15) is 17.2 Å². The molecule has 0 saturated carbocycles. The minimum Gasteiger partial charge on any atom is -0.496 e. The van der Waals surface area contributed by atoms with E-state index in [4.69, 9.17) is 9.47 Å². The number of hydrogen-bond donors (Lipinski definition) is 0. The molecule has 0 spiro atoms. The summed E-state index contributed by atoms with van der Waals surface area (Å²) in [5.74, 6) is 1.41. The number of halogens is 1. The van der Waals surface area contributed by atoms with Crippen molar-refractivity contribution < 1.29 is 9.47 Å². The number of hydrogen-bond acceptors (Lipinski definition) is 7. The Balaban J connectivity index is 1.70. The van der Waals surface area contributed by atoms with Gasteiger partial charge in [-0.3, -0.25) is 9.59 Å². The summed E-state index contributed by atoms with van der Waals surface area (Å²) < 4.78 is 13.4. The summed E-state index contributed by atoms with van der Waals surface area (Å²) in [7, 11) is 1.57. The van der Waals surface area contributed by atoms with Gasteiger partial charge in [-0.2, -0.15) is 14.6 Å². The second-order valence-electron chi connectivity index (χ2n) is 7.03. The lowest BCUT2D eigenvalue weighted by Gasteiger charge is -2.05. The summed E-state index contributed by atoms with van der Waals surface area (Å²) in [6.07, 6.45) is 2.92. The van der Waals surface area contributed by atoms with Crippen LogP contribution in [0.15, 0.2) is 56.5 Å². The van der Waals surface area contributed by atoms with E-state index in [1.54, 1.807) is 13.2 Å². The third-order valence-corrected chi connectivity index (χ3v) is 6.15. The molecule has 9 heteroatoms. The van der Waals surface area contributed by atoms with E-state index >= 15 is 0 Å². The molecule has 0 saturated heterocycles. The Morgan fingerprint density at radius 1 is 1.16 bits per heavy atom. The van der Waals surface area contributed by atoms with Crippen LogP contribution in [0.3, 0.4) is 0 Å². The number of methoxy groups -OCH3 is 1. The molecule has 0 aliphatic heterocycles. The molecule has 164 valence electrons. The topological polar surface area (TPSA) is 82.8 Å². The van der Waals surface area contributed by atoms with Crippen LogP contribution in [0.5, 0.6) is 11.5 Å². The molecule has 4 aromatic rings. The molecule has 2 heterocycles. The van der Waals surface area contributed by atoms with E-state index in [-0.39, 0.29) is 22.6 Å². The molecular formula is C23H20BrN3O4S. The summed E-state index contributed by atoms with van der Waals surface area (Å²) in [6, 6.07) is 13.0. The molecule has 32 heavy (non-hydrogen) atoms. The molecule has 0 aliphatic carbocycles. The fraction of sp³-hybridized carbons (Fsp3) is 0.217. The van der Waals surface area contributed by atoms with Gasteiger partial charge < -0.3 is 9.47 Å². The van der Waals surface area contributed by atoms with Gasteiger partial charge in [-0.05, 0) is 48.4 Å². The first-order chi connectivity index (χ1) is 15.5. The Kier molecular flexibility index (Phi) is 6.66. The average molecular weight is 514 g/mol. The van der Waals surface area contributed by atoms with Gasteiger partial charge in [0.15, 0.2) is 0 Å². The highest BCUT2D eigenvalue weighted by Crippen LogP contribution is 2.23. The molecule has 0 atom stereocenters. The van der Waals surface area contributed by atoms with E-state index in [9.17, 15) is 9.59 Å². The highest BCUT2D eigenvalue weighted by molar-refractivity contribution is 9.10. The van der Waals surface area contributed by atoms with Gasteiger partial charge in [0, 0.05) is 16.5 Å². The zero-order valence-corrected chi connectivity index (χ0v) is 19.9. The molecule has 2 aromatic carbocycles. The molecule has 0 N–H and O–H groups in total. The maximum atomic E-state index is 12.9. The SMILES string of the molecule is CCCOc1ccc(Cc2nn3c(=O)/c(=C\c4cc(Br)ccc4OC)sc3nc2=O)cc1. The number of rotatable bonds is 7. The van der Waals surface area contributed by atoms with Crippen LogP contribution in [-0.4, -0.2) is 28.3 Å². The maximum Gasteiger partial charge on any atom is 0.296 e. The second kappa shape index (κ2) is 9.62. The smallest absolute Gasteiger partial charge is 0.296 e. The van der Waals surface area contributed by atoms with Crippen molar-refractivity contribution in [1.82, 2.24) is 14.6 Å². The molecule has 0 fully saturated rings. The summed E-state index contributed by atoms with van der Waals surface area (Å²) in [5, 5.41) is 4.31. The van der Waals surface area contributed by atoms with E-state index < -0.39 is 5.56 Å². The standard InChI is InChI=1S/C23H20BrN3O4S/c1-3-10-31-17-7-4-14(5-8-17)11-18-21(28)25-23-27(26-18)22(29)20(32-23)13-15-12-16(24)6-9-19(15)30-2/h4-9,12-13H,3,10-11H2,1-2H3/b20-13+. The zero-order valence-electron chi connectivity index (χ0n) is 17.5. The van der Waals surface area contributed by atoms with Crippen molar-refractivity contribution in [2.45, 2.75) is 19.8 Å². The largest absolute Gasteiger partial charge is 0.496 e. The maximum absolute atomic E-state index is 12.9. The third-order valence-electron chi connectivity index (χ3n) is 4.70. The second-order valence-corrected chi connectivity index (χ2v) is 8.95. The molecule has 0 amide bonds. The first-order valence-electron chi connectivity index (χ1n) is 9.98. The molecule has 4 rings (SSSR count). The zero-order chi connectivity index (χ0) is 22.7. The molecular weight excluding hydrogens is 494 g/mol. The van der Waals surface area contributed by atoms with Crippen LogP contribution < -0.4 is 25.1 Å². The Bertz CT molecular complexity index is 1430. The molecule has 0 aliphatic rings. The fourth-order valence-electron chi connectivity index (χ4n) is 3.13. The minimum absolute atomic E-state index is 0.214. The van der Waals surface area contributed by atoms with E-state index in [0.717, 1.165) is 39.1 Å². The van der Waals surface area contributed by atoms with Gasteiger partial charge in [0.05, 0.1) is 18.2 Å². The Hall–Kier alpha value is -3.04. The van der Waals surface area contributed by atoms with Crippen molar-refractivity contribution >= 4 is 38.3 Å². The van der Waals surface area contributed by atoms with Crippen LogP contribution in [0.1, 0.15) is 30.2 Å². The van der Waals surface area contributed by atoms with Crippen LogP contribution in [0.2, 0.25) is 0 Å². The van der Waals surface area contributed by atoms with Gasteiger partial charge in [-0.1, -0.05) is 46.3 Å². The fourth-order valence-corrected chi connectivity index (χ4v) is 4.40. The molecule has 0 unspecified atom stereocenters. The molecule has 0 bridgehead atoms. The summed E-state index contributed by atoms with van der Waals surface area (Å²) in [6.45, 7) is 2.70. The van der Waals surface area contributed by atoms with Crippen molar-refractivity contribution in [3.63, 3.8) is 0 Å². The Labute approximate surface area is 196 Å². The summed E-state index contributed by atoms with van der Waals surface area (Å²) >= 11 is 4.55. The predicted octanol–water partition coefficient (Wildman–Crippen LogP) is 3.21. The van der Waals surface area contributed by atoms with Crippen LogP contribution in [0, 0.1) is 0 Å². The Morgan fingerprint density at radius 3 is 2.66 bits per heavy atom. The number of nitrogens with zero attached hydrogens (tertiary/aromatic N) is 3. The first-order valence-corrected chi connectivity index (χ1v) is 11.6. The van der Waals surface area contributed by atoms with Crippen molar-refractivity contribution in [1.29, 1.82) is 0 Å². The summed E-state index contributed by atoms with van der Waals surface area (Å²) in [4.78, 5) is 29.8. The summed E-state index contributed by atoms with van der Waals surface area (Å²) in [5.41, 5.74) is 1.06. The highest BCUT2D eigenvalue weighted by atomic mass is 79.9. The number of fused-ring (bicyclic) bond motifs is 1. The van der Waals surface area contributed by atoms with Gasteiger partial charge in [0.2, 0.25) is 4.96 Å². The molecule has 2 aromatic heterocycles. The normalized spacial score (nSPS) is 11.8. The van der Waals surface area contributed by atoms with Crippen molar-refractivity contribution in [2.24, 2.45) is 0 Å². The van der Waals surface area contributed by atoms with Crippen molar-refractivity contribution in [2.75, 3.05) is 13.7 Å². The van der Waals surface area contributed by atoms with Crippen molar-refractivity contribution in [3.8, 4) is 11.5 Å². The number of aromatic nitrogens is 3. The lowest BCUT2D eigenvalue weighted by molar-refractivity contribution is 0.317. The lowest BCUT2D eigenvalue weighted by Crippen LogP contribution is -2.28. The van der Waals surface area contributed by atoms with Gasteiger partial charge in [-0.15, -0.1) is 0 Å². The molecule has 7 nitrogen and oxygen atoms in total. The first kappa shape index (κ1) is 22.2. The Morgan fingerprint density at radius 2 is 1.94 bits per heavy atom. The highest BCUT2D eigenvalue weighted by Gasteiger charge is 2.12. The van der Waals surface area contributed by atoms with Gasteiger partial charge in [0.25, 0.3) is 11.1 Å². The average Bonchev–Trinajstić information content (AvgIpc) is 3.08. The predicted molar refractivity (Wildman–Crippen MR) is 128 cm³/mol. The number of benzene rings is 2. The van der Waals surface area contributed by atoms with Crippen molar-refractivity contribution in [3.05, 3.63) is 89.0 Å². The number of thiazole rings is 1. The lowest BCUT2D eigenvalue weighted by atomic mass is 10.1. The number of ether oxygens (including phenoxy) is 2. The van der Waals surface area contributed by atoms with E-state index in [0.29, 0.717) is 16.9 Å². The minimum atomic E-state index is -0.441. The van der Waals surface area contributed by atoms with Gasteiger partial charge >= 0.3 is 0 Å². The van der Waals surface area contributed by atoms with Crippen LogP contribution in [0.4, 0.5) is 0 Å². The van der Waals surface area contributed by atoms with Crippen LogP contribution in [-0.2, 0) is 6.42 Å². The van der Waals surface area contributed by atoms with Gasteiger partial charge in [-0.25, -0.2) is 0 Å². The van der Waals surface area contributed by atoms with E-state index in [2.05, 4.69) is 26.0 Å². The third kappa shape index (κ3) is 4.73. The van der Waals surface area contributed by atoms with Crippen LogP contribution in [0.25, 0.3) is 11.0 Å². The monoisotopic (exact) mass is 513 g/mol. The van der Waals surface area contributed by atoms with E-state index in [1.807, 2.05) is 49.4 Å².